The van der Waals surface area contributed by atoms with Crippen LogP contribution in [0.4, 0.5) is 0 Å². The third-order valence-electron chi connectivity index (χ3n) is 7.13. The highest BCUT2D eigenvalue weighted by Gasteiger charge is 2.51. The first-order valence-corrected chi connectivity index (χ1v) is 10.7. The molecular weight excluding hydrogens is 336 g/mol. The lowest BCUT2D eigenvalue weighted by atomic mass is 9.53. The minimum atomic E-state index is -0.121. The molecule has 4 aliphatic rings. The van der Waals surface area contributed by atoms with Gasteiger partial charge in [0, 0.05) is 12.1 Å². The van der Waals surface area contributed by atoms with E-state index in [1.165, 1.54) is 44.1 Å². The Morgan fingerprint density at radius 1 is 1.15 bits per heavy atom. The van der Waals surface area contributed by atoms with Gasteiger partial charge in [-0.05, 0) is 94.9 Å². The van der Waals surface area contributed by atoms with E-state index in [2.05, 4.69) is 22.3 Å². The second-order valence-electron chi connectivity index (χ2n) is 9.36. The number of rotatable bonds is 7. The molecule has 1 amide bonds. The molecule has 4 nitrogen and oxygen atoms in total. The highest BCUT2D eigenvalue weighted by molar-refractivity contribution is 5.82. The Balaban J connectivity index is 1.34. The molecule has 5 rings (SSSR count). The lowest BCUT2D eigenvalue weighted by Gasteiger charge is -2.57. The summed E-state index contributed by atoms with van der Waals surface area (Å²) >= 11 is 0. The minimum Gasteiger partial charge on any atom is -0.494 e. The van der Waals surface area contributed by atoms with Gasteiger partial charge in [0.2, 0.25) is 5.91 Å². The normalized spacial score (nSPS) is 32.5. The largest absolute Gasteiger partial charge is 0.494 e. The lowest BCUT2D eigenvalue weighted by molar-refractivity contribution is -0.131. The van der Waals surface area contributed by atoms with Crippen LogP contribution in [0.25, 0.3) is 0 Å². The standard InChI is InChI=1S/C23H34N2O2/c1-4-27-21-7-5-17(6-8-21)15-25(3)16(2)22(26)24-23-12-18-9-19(13-23)11-20(10-18)14-23/h5-8,16,18-20H,4,9-15H2,1-3H3,(H,24,26)/t16-,18?,19?,20?,23?/m0/s1. The van der Waals surface area contributed by atoms with Crippen molar-refractivity contribution >= 4 is 5.91 Å². The van der Waals surface area contributed by atoms with Gasteiger partial charge in [-0.1, -0.05) is 12.1 Å². The van der Waals surface area contributed by atoms with E-state index >= 15 is 0 Å². The van der Waals surface area contributed by atoms with Crippen LogP contribution in [0.2, 0.25) is 0 Å². The molecule has 4 saturated carbocycles. The Bertz CT molecular complexity index is 634. The van der Waals surface area contributed by atoms with Gasteiger partial charge in [0.05, 0.1) is 12.6 Å². The predicted molar refractivity (Wildman–Crippen MR) is 108 cm³/mol. The Kier molecular flexibility index (Phi) is 5.19. The number of benzene rings is 1. The quantitative estimate of drug-likeness (QED) is 0.789. The van der Waals surface area contributed by atoms with E-state index in [4.69, 9.17) is 4.74 Å². The molecule has 0 radical (unpaired) electrons. The fourth-order valence-corrected chi connectivity index (χ4v) is 6.11. The summed E-state index contributed by atoms with van der Waals surface area (Å²) in [6, 6.07) is 8.07. The van der Waals surface area contributed by atoms with Crippen LogP contribution in [0, 0.1) is 17.8 Å². The van der Waals surface area contributed by atoms with Crippen molar-refractivity contribution in [3.05, 3.63) is 29.8 Å². The average molecular weight is 371 g/mol. The number of carbonyl (C=O) groups excluding carboxylic acids is 1. The van der Waals surface area contributed by atoms with Crippen LogP contribution in [0.5, 0.6) is 5.75 Å². The molecule has 4 aliphatic carbocycles. The third kappa shape index (κ3) is 4.01. The number of likely N-dealkylation sites (N-methyl/N-ethyl adjacent to an activating group) is 1. The minimum absolute atomic E-state index is 0.0973. The lowest BCUT2D eigenvalue weighted by Crippen LogP contribution is -2.62. The first-order chi connectivity index (χ1) is 13.0. The monoisotopic (exact) mass is 370 g/mol. The fraction of sp³-hybridized carbons (Fsp3) is 0.696. The maximum Gasteiger partial charge on any atom is 0.237 e. The Labute approximate surface area is 163 Å². The molecule has 0 heterocycles. The summed E-state index contributed by atoms with van der Waals surface area (Å²) in [4.78, 5) is 15.2. The molecule has 4 heteroatoms. The van der Waals surface area contributed by atoms with E-state index in [1.54, 1.807) is 0 Å². The maximum atomic E-state index is 13.0. The van der Waals surface area contributed by atoms with Gasteiger partial charge in [-0.25, -0.2) is 0 Å². The molecule has 0 aliphatic heterocycles. The molecule has 0 spiro atoms. The molecular formula is C23H34N2O2. The van der Waals surface area contributed by atoms with Gasteiger partial charge in [0.1, 0.15) is 5.75 Å². The molecule has 1 aromatic carbocycles. The van der Waals surface area contributed by atoms with Crippen molar-refractivity contribution < 1.29 is 9.53 Å². The fourth-order valence-electron chi connectivity index (χ4n) is 6.11. The van der Waals surface area contributed by atoms with Crippen LogP contribution in [0.3, 0.4) is 0 Å². The summed E-state index contributed by atoms with van der Waals surface area (Å²) in [6.07, 6.45) is 7.84. The molecule has 0 aromatic heterocycles. The third-order valence-corrected chi connectivity index (χ3v) is 7.13. The van der Waals surface area contributed by atoms with Crippen LogP contribution < -0.4 is 10.1 Å². The number of hydrogen-bond donors (Lipinski definition) is 1. The Hall–Kier alpha value is -1.55. The second-order valence-corrected chi connectivity index (χ2v) is 9.36. The summed E-state index contributed by atoms with van der Waals surface area (Å²) in [5.41, 5.74) is 1.30. The number of carbonyl (C=O) groups is 1. The molecule has 0 unspecified atom stereocenters. The number of hydrogen-bond acceptors (Lipinski definition) is 3. The van der Waals surface area contributed by atoms with Crippen LogP contribution in [-0.4, -0.2) is 36.0 Å². The number of nitrogens with zero attached hydrogens (tertiary/aromatic N) is 1. The van der Waals surface area contributed by atoms with Gasteiger partial charge in [-0.3, -0.25) is 9.69 Å². The van der Waals surface area contributed by atoms with Gasteiger partial charge in [0.15, 0.2) is 0 Å². The van der Waals surface area contributed by atoms with Crippen LogP contribution in [0.1, 0.15) is 57.9 Å². The van der Waals surface area contributed by atoms with Gasteiger partial charge in [-0.2, -0.15) is 0 Å². The van der Waals surface area contributed by atoms with E-state index in [0.29, 0.717) is 6.61 Å². The number of ether oxygens (including phenoxy) is 1. The van der Waals surface area contributed by atoms with Crippen molar-refractivity contribution in [2.75, 3.05) is 13.7 Å². The maximum absolute atomic E-state index is 13.0. The van der Waals surface area contributed by atoms with Crippen molar-refractivity contribution in [2.24, 2.45) is 17.8 Å². The zero-order chi connectivity index (χ0) is 19.0. The van der Waals surface area contributed by atoms with E-state index in [0.717, 1.165) is 30.0 Å². The van der Waals surface area contributed by atoms with E-state index in [9.17, 15) is 4.79 Å². The highest BCUT2D eigenvalue weighted by Crippen LogP contribution is 2.55. The van der Waals surface area contributed by atoms with Crippen molar-refractivity contribution in [3.8, 4) is 5.75 Å². The summed E-state index contributed by atoms with van der Waals surface area (Å²) in [6.45, 7) is 5.47. The molecule has 4 fully saturated rings. The van der Waals surface area contributed by atoms with Gasteiger partial charge in [-0.15, -0.1) is 0 Å². The smallest absolute Gasteiger partial charge is 0.237 e. The Morgan fingerprint density at radius 3 is 2.22 bits per heavy atom. The van der Waals surface area contributed by atoms with E-state index < -0.39 is 0 Å². The Morgan fingerprint density at radius 2 is 1.70 bits per heavy atom. The summed E-state index contributed by atoms with van der Waals surface area (Å²) in [7, 11) is 2.04. The number of amides is 1. The summed E-state index contributed by atoms with van der Waals surface area (Å²) < 4.78 is 5.51. The zero-order valence-corrected chi connectivity index (χ0v) is 17.0. The molecule has 4 bridgehead atoms. The van der Waals surface area contributed by atoms with Gasteiger partial charge >= 0.3 is 0 Å². The molecule has 0 saturated heterocycles. The van der Waals surface area contributed by atoms with Crippen molar-refractivity contribution in [3.63, 3.8) is 0 Å². The van der Waals surface area contributed by atoms with Crippen molar-refractivity contribution in [2.45, 2.75) is 70.5 Å². The average Bonchev–Trinajstić information content (AvgIpc) is 2.61. The molecule has 1 N–H and O–H groups in total. The zero-order valence-electron chi connectivity index (χ0n) is 17.0. The van der Waals surface area contributed by atoms with Gasteiger partial charge in [0.25, 0.3) is 0 Å². The van der Waals surface area contributed by atoms with Crippen LogP contribution in [0.15, 0.2) is 24.3 Å². The summed E-state index contributed by atoms with van der Waals surface area (Å²) in [5, 5.41) is 3.52. The number of nitrogens with one attached hydrogen (secondary N) is 1. The highest BCUT2D eigenvalue weighted by atomic mass is 16.5. The molecule has 27 heavy (non-hydrogen) atoms. The first-order valence-electron chi connectivity index (χ1n) is 10.7. The van der Waals surface area contributed by atoms with Gasteiger partial charge < -0.3 is 10.1 Å². The van der Waals surface area contributed by atoms with Crippen molar-refractivity contribution in [1.29, 1.82) is 0 Å². The first kappa shape index (κ1) is 18.8. The SMILES string of the molecule is CCOc1ccc(CN(C)[C@@H](C)C(=O)NC23CC4CC(CC(C4)C2)C3)cc1. The van der Waals surface area contributed by atoms with E-state index in [-0.39, 0.29) is 17.5 Å². The predicted octanol–water partition coefficient (Wildman–Crippen LogP) is 3.99. The van der Waals surface area contributed by atoms with Crippen molar-refractivity contribution in [1.82, 2.24) is 10.2 Å². The molecule has 1 atom stereocenters. The molecule has 148 valence electrons. The topological polar surface area (TPSA) is 41.6 Å². The second kappa shape index (κ2) is 7.46. The van der Waals surface area contributed by atoms with E-state index in [1.807, 2.05) is 33.0 Å². The van der Waals surface area contributed by atoms with Crippen LogP contribution >= 0.6 is 0 Å². The molecule has 1 aromatic rings. The van der Waals surface area contributed by atoms with Crippen LogP contribution in [-0.2, 0) is 11.3 Å². The summed E-state index contributed by atoms with van der Waals surface area (Å²) in [5.74, 6) is 3.66.